The number of carbonyl (C=O) groups is 1. The van der Waals surface area contributed by atoms with E-state index in [1.54, 1.807) is 0 Å². The molecular weight excluding hydrogens is 284 g/mol. The van der Waals surface area contributed by atoms with Gasteiger partial charge in [-0.1, -0.05) is 0 Å². The quantitative estimate of drug-likeness (QED) is 0.808. The van der Waals surface area contributed by atoms with Gasteiger partial charge in [0.1, 0.15) is 4.88 Å². The van der Waals surface area contributed by atoms with Gasteiger partial charge in [0.25, 0.3) is 5.91 Å². The van der Waals surface area contributed by atoms with Gasteiger partial charge in [-0.2, -0.15) is 0 Å². The highest BCUT2D eigenvalue weighted by atomic mass is 32.1. The van der Waals surface area contributed by atoms with E-state index in [2.05, 4.69) is 36.3 Å². The van der Waals surface area contributed by atoms with Crippen LogP contribution in [0.1, 0.15) is 40.9 Å². The lowest BCUT2D eigenvalue weighted by Crippen LogP contribution is -2.28. The Balaban J connectivity index is 2.26. The van der Waals surface area contributed by atoms with E-state index >= 15 is 0 Å². The van der Waals surface area contributed by atoms with Gasteiger partial charge in [-0.15, -0.1) is 11.3 Å². The van der Waals surface area contributed by atoms with E-state index < -0.39 is 0 Å². The number of likely N-dealkylation sites (N-methyl/N-ethyl adjacent to an activating group) is 2. The third kappa shape index (κ3) is 3.68. The average Bonchev–Trinajstić information content (AvgIpc) is 3.19. The standard InChI is InChI=1S/C15H26N4OS/c1-5-17-14(20)13-12(16)11(10-6-7-10)15(21-13)19(4)9-8-18(2)3/h10H,5-9,16H2,1-4H3,(H,17,20). The molecule has 0 aromatic carbocycles. The monoisotopic (exact) mass is 310 g/mol. The molecule has 21 heavy (non-hydrogen) atoms. The topological polar surface area (TPSA) is 61.6 Å². The Morgan fingerprint density at radius 3 is 2.52 bits per heavy atom. The number of rotatable bonds is 7. The smallest absolute Gasteiger partial charge is 0.263 e. The zero-order valence-corrected chi connectivity index (χ0v) is 14.2. The fraction of sp³-hybridized carbons (Fsp3) is 0.667. The first-order chi connectivity index (χ1) is 9.95. The Morgan fingerprint density at radius 1 is 1.33 bits per heavy atom. The summed E-state index contributed by atoms with van der Waals surface area (Å²) in [5.74, 6) is 0.496. The van der Waals surface area contributed by atoms with Crippen LogP contribution >= 0.6 is 11.3 Å². The molecule has 118 valence electrons. The number of hydrogen-bond acceptors (Lipinski definition) is 5. The summed E-state index contributed by atoms with van der Waals surface area (Å²) < 4.78 is 0. The molecule has 1 aromatic rings. The van der Waals surface area contributed by atoms with Crippen molar-refractivity contribution in [3.05, 3.63) is 10.4 Å². The molecule has 0 bridgehead atoms. The molecule has 0 atom stereocenters. The van der Waals surface area contributed by atoms with Crippen LogP contribution in [0.25, 0.3) is 0 Å². The minimum Gasteiger partial charge on any atom is -0.397 e. The van der Waals surface area contributed by atoms with Gasteiger partial charge in [0, 0.05) is 32.2 Å². The Bertz CT molecular complexity index is 508. The van der Waals surface area contributed by atoms with Crippen LogP contribution in [0.5, 0.6) is 0 Å². The third-order valence-electron chi connectivity index (χ3n) is 3.72. The first-order valence-electron chi connectivity index (χ1n) is 7.51. The summed E-state index contributed by atoms with van der Waals surface area (Å²) in [7, 11) is 6.22. The summed E-state index contributed by atoms with van der Waals surface area (Å²) in [6.45, 7) is 4.46. The molecule has 1 aromatic heterocycles. The average molecular weight is 310 g/mol. The van der Waals surface area contributed by atoms with E-state index in [4.69, 9.17) is 5.73 Å². The highest BCUT2D eigenvalue weighted by Crippen LogP contribution is 2.51. The predicted molar refractivity (Wildman–Crippen MR) is 90.5 cm³/mol. The number of carbonyl (C=O) groups excluding carboxylic acids is 1. The second-order valence-corrected chi connectivity index (χ2v) is 6.92. The fourth-order valence-electron chi connectivity index (χ4n) is 2.36. The fourth-order valence-corrected chi connectivity index (χ4v) is 3.57. The van der Waals surface area contributed by atoms with Gasteiger partial charge in [-0.25, -0.2) is 0 Å². The SMILES string of the molecule is CCNC(=O)c1sc(N(C)CCN(C)C)c(C2CC2)c1N. The second-order valence-electron chi connectivity index (χ2n) is 5.92. The highest BCUT2D eigenvalue weighted by Gasteiger charge is 2.33. The molecule has 3 N–H and O–H groups in total. The van der Waals surface area contributed by atoms with E-state index in [0.29, 0.717) is 23.0 Å². The molecule has 1 fully saturated rings. The van der Waals surface area contributed by atoms with Gasteiger partial charge < -0.3 is 20.9 Å². The molecule has 1 aliphatic rings. The molecule has 0 unspecified atom stereocenters. The summed E-state index contributed by atoms with van der Waals surface area (Å²) in [6, 6.07) is 0. The number of nitrogens with zero attached hydrogens (tertiary/aromatic N) is 2. The predicted octanol–water partition coefficient (Wildman–Crippen LogP) is 1.96. The van der Waals surface area contributed by atoms with Crippen LogP contribution < -0.4 is 16.0 Å². The Labute approximate surface area is 131 Å². The van der Waals surface area contributed by atoms with Gasteiger partial charge in [0.05, 0.1) is 10.7 Å². The zero-order chi connectivity index (χ0) is 15.6. The normalized spacial score (nSPS) is 14.5. The Kier molecular flexibility index (Phi) is 5.11. The minimum absolute atomic E-state index is 0.0471. The molecule has 5 nitrogen and oxygen atoms in total. The van der Waals surface area contributed by atoms with Gasteiger partial charge in [-0.05, 0) is 39.8 Å². The van der Waals surface area contributed by atoms with Crippen LogP contribution in [0.4, 0.5) is 10.7 Å². The number of hydrogen-bond donors (Lipinski definition) is 2. The summed E-state index contributed by atoms with van der Waals surface area (Å²) in [6.07, 6.45) is 2.37. The zero-order valence-electron chi connectivity index (χ0n) is 13.4. The molecule has 0 saturated heterocycles. The summed E-state index contributed by atoms with van der Waals surface area (Å²) in [4.78, 5) is 17.2. The lowest BCUT2D eigenvalue weighted by Gasteiger charge is -2.21. The van der Waals surface area contributed by atoms with E-state index in [0.717, 1.165) is 18.1 Å². The summed E-state index contributed by atoms with van der Waals surface area (Å²) in [5, 5.41) is 4.02. The van der Waals surface area contributed by atoms with Crippen molar-refractivity contribution in [2.24, 2.45) is 0 Å². The molecule has 1 saturated carbocycles. The van der Waals surface area contributed by atoms with Crippen LogP contribution in [-0.4, -0.2) is 51.6 Å². The number of amides is 1. The van der Waals surface area contributed by atoms with Gasteiger partial charge >= 0.3 is 0 Å². The molecule has 6 heteroatoms. The van der Waals surface area contributed by atoms with Crippen molar-refractivity contribution in [2.75, 3.05) is 51.4 Å². The maximum absolute atomic E-state index is 12.2. The second kappa shape index (κ2) is 6.66. The van der Waals surface area contributed by atoms with Crippen LogP contribution in [0.3, 0.4) is 0 Å². The molecule has 1 aliphatic carbocycles. The number of thiophene rings is 1. The Morgan fingerprint density at radius 2 is 2.00 bits per heavy atom. The molecular formula is C15H26N4OS. The van der Waals surface area contributed by atoms with E-state index in [1.165, 1.54) is 29.7 Å². The van der Waals surface area contributed by atoms with E-state index in [-0.39, 0.29) is 5.91 Å². The van der Waals surface area contributed by atoms with Crippen molar-refractivity contribution in [3.8, 4) is 0 Å². The Hall–Kier alpha value is -1.27. The van der Waals surface area contributed by atoms with Crippen molar-refractivity contribution >= 4 is 27.9 Å². The maximum atomic E-state index is 12.2. The third-order valence-corrected chi connectivity index (χ3v) is 5.06. The van der Waals surface area contributed by atoms with Crippen molar-refractivity contribution < 1.29 is 4.79 Å². The largest absolute Gasteiger partial charge is 0.397 e. The first-order valence-corrected chi connectivity index (χ1v) is 8.33. The lowest BCUT2D eigenvalue weighted by atomic mass is 10.1. The van der Waals surface area contributed by atoms with Crippen molar-refractivity contribution in [1.29, 1.82) is 0 Å². The van der Waals surface area contributed by atoms with Crippen LogP contribution in [0.15, 0.2) is 0 Å². The minimum atomic E-state index is -0.0471. The summed E-state index contributed by atoms with van der Waals surface area (Å²) >= 11 is 1.53. The van der Waals surface area contributed by atoms with Crippen LogP contribution in [0.2, 0.25) is 0 Å². The van der Waals surface area contributed by atoms with Crippen molar-refractivity contribution in [1.82, 2.24) is 10.2 Å². The molecule has 0 radical (unpaired) electrons. The number of nitrogen functional groups attached to an aromatic ring is 1. The number of anilines is 2. The van der Waals surface area contributed by atoms with E-state index in [9.17, 15) is 4.79 Å². The first kappa shape index (κ1) is 16.1. The molecule has 1 amide bonds. The summed E-state index contributed by atoms with van der Waals surface area (Å²) in [5.41, 5.74) is 8.17. The molecule has 2 rings (SSSR count). The van der Waals surface area contributed by atoms with E-state index in [1.807, 2.05) is 6.92 Å². The number of nitrogens with one attached hydrogen (secondary N) is 1. The van der Waals surface area contributed by atoms with Crippen molar-refractivity contribution in [2.45, 2.75) is 25.7 Å². The highest BCUT2D eigenvalue weighted by molar-refractivity contribution is 7.18. The van der Waals surface area contributed by atoms with Crippen LogP contribution in [0, 0.1) is 0 Å². The maximum Gasteiger partial charge on any atom is 0.263 e. The van der Waals surface area contributed by atoms with Gasteiger partial charge in [0.2, 0.25) is 0 Å². The van der Waals surface area contributed by atoms with Gasteiger partial charge in [0.15, 0.2) is 0 Å². The van der Waals surface area contributed by atoms with Gasteiger partial charge in [-0.3, -0.25) is 4.79 Å². The molecule has 0 aliphatic heterocycles. The molecule has 0 spiro atoms. The molecule has 1 heterocycles. The number of nitrogens with two attached hydrogens (primary N) is 1. The lowest BCUT2D eigenvalue weighted by molar-refractivity contribution is 0.0960. The van der Waals surface area contributed by atoms with Crippen molar-refractivity contribution in [3.63, 3.8) is 0 Å². The van der Waals surface area contributed by atoms with Crippen LogP contribution in [-0.2, 0) is 0 Å².